The fourth-order valence-electron chi connectivity index (χ4n) is 2.81. The van der Waals surface area contributed by atoms with Gasteiger partial charge in [-0.2, -0.15) is 0 Å². The highest BCUT2D eigenvalue weighted by molar-refractivity contribution is 6.31. The zero-order chi connectivity index (χ0) is 19.6. The number of fused-ring (bicyclic) bond motifs is 1. The fraction of sp³-hybridized carbons (Fsp3) is 0.421. The van der Waals surface area contributed by atoms with E-state index in [2.05, 4.69) is 0 Å². The quantitative estimate of drug-likeness (QED) is 0.741. The molecule has 0 aliphatic carbocycles. The van der Waals surface area contributed by atoms with E-state index in [9.17, 15) is 14.4 Å². The zero-order valence-corrected chi connectivity index (χ0v) is 16.2. The Bertz CT molecular complexity index is 879. The van der Waals surface area contributed by atoms with Gasteiger partial charge >= 0.3 is 5.97 Å². The van der Waals surface area contributed by atoms with Crippen LogP contribution in [0, 0.1) is 0 Å². The van der Waals surface area contributed by atoms with Gasteiger partial charge in [0.2, 0.25) is 5.76 Å². The molecule has 6 nitrogen and oxygen atoms in total. The summed E-state index contributed by atoms with van der Waals surface area (Å²) in [5.74, 6) is -1.43. The molecular formula is C19H22ClNO5. The number of benzene rings is 1. The smallest absolute Gasteiger partial charge is 0.375 e. The average Bonchev–Trinajstić information content (AvgIpc) is 2.54. The summed E-state index contributed by atoms with van der Waals surface area (Å²) in [7, 11) is 0. The van der Waals surface area contributed by atoms with Gasteiger partial charge in [-0.3, -0.25) is 9.59 Å². The molecular weight excluding hydrogens is 358 g/mol. The number of hydrogen-bond donors (Lipinski definition) is 0. The van der Waals surface area contributed by atoms with Crippen LogP contribution < -0.4 is 5.43 Å². The van der Waals surface area contributed by atoms with Crippen LogP contribution in [0.1, 0.15) is 45.2 Å². The van der Waals surface area contributed by atoms with E-state index in [4.69, 9.17) is 20.8 Å². The normalized spacial score (nSPS) is 12.5. The molecule has 0 bridgehead atoms. The molecule has 26 heavy (non-hydrogen) atoms. The van der Waals surface area contributed by atoms with Crippen LogP contribution in [0.15, 0.2) is 33.5 Å². The van der Waals surface area contributed by atoms with Crippen molar-refractivity contribution < 1.29 is 18.7 Å². The van der Waals surface area contributed by atoms with Crippen molar-refractivity contribution in [2.45, 2.75) is 52.8 Å². The predicted octanol–water partition coefficient (Wildman–Crippen LogP) is 3.64. The van der Waals surface area contributed by atoms with Crippen molar-refractivity contribution in [2.75, 3.05) is 0 Å². The minimum atomic E-state index is -1.00. The first-order chi connectivity index (χ1) is 12.1. The van der Waals surface area contributed by atoms with Gasteiger partial charge in [-0.15, -0.1) is 0 Å². The lowest BCUT2D eigenvalue weighted by molar-refractivity contribution is -0.143. The van der Waals surface area contributed by atoms with Crippen LogP contribution in [0.3, 0.4) is 0 Å². The minimum Gasteiger partial charge on any atom is -0.449 e. The molecule has 1 atom stereocenters. The standard InChI is InChI=1S/C19H22ClNO5/c1-10(2)21(11(3)4)18(23)12(5)25-19(24)17-9-15(22)14-8-13(20)6-7-16(14)26-17/h6-12H,1-5H3/t12-/m0/s1. The van der Waals surface area contributed by atoms with Crippen molar-refractivity contribution in [3.63, 3.8) is 0 Å². The van der Waals surface area contributed by atoms with Gasteiger partial charge in [0.15, 0.2) is 11.5 Å². The molecule has 0 N–H and O–H groups in total. The van der Waals surface area contributed by atoms with Gasteiger partial charge in [-0.25, -0.2) is 4.79 Å². The van der Waals surface area contributed by atoms with Crippen LogP contribution in [0.2, 0.25) is 5.02 Å². The predicted molar refractivity (Wildman–Crippen MR) is 99.5 cm³/mol. The second-order valence-corrected chi connectivity index (χ2v) is 7.03. The van der Waals surface area contributed by atoms with Gasteiger partial charge in [0.05, 0.1) is 5.39 Å². The Balaban J connectivity index is 2.24. The first-order valence-electron chi connectivity index (χ1n) is 8.38. The van der Waals surface area contributed by atoms with E-state index in [1.165, 1.54) is 19.1 Å². The summed E-state index contributed by atoms with van der Waals surface area (Å²) in [6.45, 7) is 9.05. The van der Waals surface area contributed by atoms with Crippen LogP contribution >= 0.6 is 11.6 Å². The Morgan fingerprint density at radius 1 is 1.08 bits per heavy atom. The summed E-state index contributed by atoms with van der Waals surface area (Å²) in [5, 5.41) is 0.658. The molecule has 7 heteroatoms. The molecule has 1 heterocycles. The molecule has 1 aromatic heterocycles. The topological polar surface area (TPSA) is 76.8 Å². The van der Waals surface area contributed by atoms with Gasteiger partial charge in [-0.05, 0) is 52.8 Å². The van der Waals surface area contributed by atoms with Crippen LogP contribution in [-0.2, 0) is 9.53 Å². The van der Waals surface area contributed by atoms with Crippen molar-refractivity contribution in [2.24, 2.45) is 0 Å². The van der Waals surface area contributed by atoms with E-state index in [1.807, 2.05) is 27.7 Å². The highest BCUT2D eigenvalue weighted by Gasteiger charge is 2.28. The molecule has 1 amide bonds. The average molecular weight is 380 g/mol. The molecule has 0 radical (unpaired) electrons. The molecule has 0 unspecified atom stereocenters. The number of amides is 1. The summed E-state index contributed by atoms with van der Waals surface area (Å²) in [4.78, 5) is 38.7. The van der Waals surface area contributed by atoms with Gasteiger partial charge in [0.25, 0.3) is 5.91 Å². The second-order valence-electron chi connectivity index (χ2n) is 6.60. The second kappa shape index (κ2) is 7.91. The zero-order valence-electron chi connectivity index (χ0n) is 15.4. The molecule has 0 fully saturated rings. The van der Waals surface area contributed by atoms with Gasteiger partial charge < -0.3 is 14.1 Å². The van der Waals surface area contributed by atoms with Crippen molar-refractivity contribution in [3.05, 3.63) is 45.3 Å². The lowest BCUT2D eigenvalue weighted by atomic mass is 10.2. The Hall–Kier alpha value is -2.34. The lowest BCUT2D eigenvalue weighted by Gasteiger charge is -2.32. The van der Waals surface area contributed by atoms with Crippen LogP contribution in [-0.4, -0.2) is 35.0 Å². The molecule has 0 aliphatic rings. The number of carbonyl (C=O) groups excluding carboxylic acids is 2. The first-order valence-corrected chi connectivity index (χ1v) is 8.76. The van der Waals surface area contributed by atoms with Gasteiger partial charge in [0.1, 0.15) is 5.58 Å². The number of nitrogens with zero attached hydrogens (tertiary/aromatic N) is 1. The fourth-order valence-corrected chi connectivity index (χ4v) is 2.99. The highest BCUT2D eigenvalue weighted by atomic mass is 35.5. The Labute approximate surface area is 156 Å². The number of carbonyl (C=O) groups is 2. The SMILES string of the molecule is CC(C)N(C(=O)[C@H](C)OC(=O)c1cc(=O)c2cc(Cl)ccc2o1)C(C)C. The molecule has 0 aliphatic heterocycles. The summed E-state index contributed by atoms with van der Waals surface area (Å²) < 4.78 is 10.7. The molecule has 0 spiro atoms. The van der Waals surface area contributed by atoms with Gasteiger partial charge in [0, 0.05) is 23.2 Å². The Morgan fingerprint density at radius 2 is 1.69 bits per heavy atom. The van der Waals surface area contributed by atoms with E-state index in [-0.39, 0.29) is 34.7 Å². The third kappa shape index (κ3) is 4.25. The summed E-state index contributed by atoms with van der Waals surface area (Å²) in [5.41, 5.74) is -0.190. The van der Waals surface area contributed by atoms with Gasteiger partial charge in [-0.1, -0.05) is 11.6 Å². The van der Waals surface area contributed by atoms with Crippen molar-refractivity contribution in [1.29, 1.82) is 0 Å². The summed E-state index contributed by atoms with van der Waals surface area (Å²) in [6, 6.07) is 5.49. The van der Waals surface area contributed by atoms with E-state index < -0.39 is 17.5 Å². The maximum atomic E-state index is 12.6. The maximum Gasteiger partial charge on any atom is 0.375 e. The van der Waals surface area contributed by atoms with E-state index in [0.717, 1.165) is 6.07 Å². The number of halogens is 1. The monoisotopic (exact) mass is 379 g/mol. The van der Waals surface area contributed by atoms with Crippen molar-refractivity contribution >= 4 is 34.4 Å². The molecule has 2 aromatic rings. The number of esters is 1. The first kappa shape index (κ1) is 20.0. The third-order valence-electron chi connectivity index (χ3n) is 3.89. The third-order valence-corrected chi connectivity index (χ3v) is 4.12. The molecule has 1 aromatic carbocycles. The maximum absolute atomic E-state index is 12.6. The van der Waals surface area contributed by atoms with E-state index in [0.29, 0.717) is 5.02 Å². The highest BCUT2D eigenvalue weighted by Crippen LogP contribution is 2.18. The molecule has 0 saturated carbocycles. The van der Waals surface area contributed by atoms with E-state index in [1.54, 1.807) is 11.0 Å². The van der Waals surface area contributed by atoms with Crippen LogP contribution in [0.5, 0.6) is 0 Å². The molecule has 2 rings (SSSR count). The lowest BCUT2D eigenvalue weighted by Crippen LogP contribution is -2.47. The summed E-state index contributed by atoms with van der Waals surface area (Å²) >= 11 is 5.86. The molecule has 0 saturated heterocycles. The van der Waals surface area contributed by atoms with Crippen molar-refractivity contribution in [3.8, 4) is 0 Å². The minimum absolute atomic E-state index is 0.0352. The Kier molecular flexibility index (Phi) is 6.08. The van der Waals surface area contributed by atoms with E-state index >= 15 is 0 Å². The Morgan fingerprint density at radius 3 is 2.27 bits per heavy atom. The number of ether oxygens (including phenoxy) is 1. The molecule has 140 valence electrons. The summed E-state index contributed by atoms with van der Waals surface area (Å²) in [6.07, 6.45) is -1.00. The van der Waals surface area contributed by atoms with Crippen LogP contribution in [0.4, 0.5) is 0 Å². The number of rotatable bonds is 5. The van der Waals surface area contributed by atoms with Crippen molar-refractivity contribution in [1.82, 2.24) is 4.90 Å². The number of hydrogen-bond acceptors (Lipinski definition) is 5. The van der Waals surface area contributed by atoms with Crippen LogP contribution in [0.25, 0.3) is 11.0 Å². The largest absolute Gasteiger partial charge is 0.449 e.